The second-order valence-electron chi connectivity index (χ2n) is 7.51. The summed E-state index contributed by atoms with van der Waals surface area (Å²) in [5.74, 6) is -2.21. The van der Waals surface area contributed by atoms with E-state index in [1.54, 1.807) is 38.1 Å². The lowest BCUT2D eigenvalue weighted by atomic mass is 10.1. The van der Waals surface area contributed by atoms with Gasteiger partial charge in [0.2, 0.25) is 0 Å². The van der Waals surface area contributed by atoms with E-state index in [-0.39, 0.29) is 16.7 Å². The standard InChI is InChI=1S/C23H20N4O6/c1-12-18(20(28)26(24-12)16-7-3-5-14(9-16)22(30)31)11-19-13(2)25-27(21(19)29)17-8-4-6-15(10-17)23(32)33/h3-11,20,25,28H,1-2H3,(H,30,31)(H,32,33)/t20-/m1/s1. The molecule has 33 heavy (non-hydrogen) atoms. The number of aliphatic hydroxyl groups is 1. The number of hydrogen-bond donors (Lipinski definition) is 4. The highest BCUT2D eigenvalue weighted by molar-refractivity contribution is 6.06. The average molecular weight is 448 g/mol. The molecule has 10 nitrogen and oxygen atoms in total. The number of carbonyl (C=O) groups is 2. The number of hydrazone groups is 1. The zero-order chi connectivity index (χ0) is 23.9. The van der Waals surface area contributed by atoms with Crippen LogP contribution in [0.25, 0.3) is 11.8 Å². The number of carboxylic acids is 2. The van der Waals surface area contributed by atoms with Gasteiger partial charge in [0, 0.05) is 11.3 Å². The normalized spacial score (nSPS) is 16.8. The van der Waals surface area contributed by atoms with Crippen LogP contribution in [0, 0.1) is 6.92 Å². The average Bonchev–Trinajstić information content (AvgIpc) is 3.24. The monoisotopic (exact) mass is 448 g/mol. The molecule has 1 aliphatic heterocycles. The van der Waals surface area contributed by atoms with Gasteiger partial charge in [-0.1, -0.05) is 12.1 Å². The summed E-state index contributed by atoms with van der Waals surface area (Å²) in [7, 11) is 0. The first-order valence-corrected chi connectivity index (χ1v) is 9.90. The number of carboxylic acid groups (broad SMARTS) is 2. The van der Waals surface area contributed by atoms with Gasteiger partial charge >= 0.3 is 11.9 Å². The second-order valence-corrected chi connectivity index (χ2v) is 7.51. The van der Waals surface area contributed by atoms with Crippen LogP contribution in [0.5, 0.6) is 0 Å². The van der Waals surface area contributed by atoms with Crippen LogP contribution in [0.15, 0.2) is 64.0 Å². The highest BCUT2D eigenvalue weighted by Gasteiger charge is 2.30. The number of rotatable bonds is 5. The van der Waals surface area contributed by atoms with Crippen molar-refractivity contribution in [2.24, 2.45) is 5.10 Å². The van der Waals surface area contributed by atoms with Crippen molar-refractivity contribution in [3.05, 3.63) is 86.8 Å². The largest absolute Gasteiger partial charge is 0.478 e. The minimum atomic E-state index is -1.23. The van der Waals surface area contributed by atoms with Gasteiger partial charge in [-0.15, -0.1) is 0 Å². The molecule has 1 aliphatic rings. The third kappa shape index (κ3) is 3.94. The van der Waals surface area contributed by atoms with Gasteiger partial charge in [-0.2, -0.15) is 5.10 Å². The minimum Gasteiger partial charge on any atom is -0.478 e. The topological polar surface area (TPSA) is 148 Å². The van der Waals surface area contributed by atoms with E-state index < -0.39 is 23.7 Å². The third-order valence-corrected chi connectivity index (χ3v) is 5.31. The summed E-state index contributed by atoms with van der Waals surface area (Å²) in [6.45, 7) is 3.36. The summed E-state index contributed by atoms with van der Waals surface area (Å²) in [5.41, 5.74) is 2.05. The van der Waals surface area contributed by atoms with E-state index in [1.807, 2.05) is 0 Å². The fraction of sp³-hybridized carbons (Fsp3) is 0.130. The van der Waals surface area contributed by atoms with Gasteiger partial charge in [-0.3, -0.25) is 9.89 Å². The van der Waals surface area contributed by atoms with Gasteiger partial charge in [0.05, 0.1) is 33.8 Å². The molecule has 3 aromatic rings. The van der Waals surface area contributed by atoms with E-state index in [1.165, 1.54) is 40.0 Å². The molecule has 0 saturated heterocycles. The summed E-state index contributed by atoms with van der Waals surface area (Å²) in [6.07, 6.45) is 0.294. The molecule has 0 saturated carbocycles. The van der Waals surface area contributed by atoms with Crippen molar-refractivity contribution in [2.45, 2.75) is 20.1 Å². The molecule has 10 heteroatoms. The smallest absolute Gasteiger partial charge is 0.335 e. The van der Waals surface area contributed by atoms with Crippen molar-refractivity contribution in [2.75, 3.05) is 5.01 Å². The number of aromatic carboxylic acids is 2. The van der Waals surface area contributed by atoms with Crippen molar-refractivity contribution >= 4 is 29.4 Å². The SMILES string of the molecule is CC1=NN(c2cccc(C(=O)O)c2)[C@H](O)C1=Cc1c(C)[nH]n(-c2cccc(C(=O)O)c2)c1=O. The maximum atomic E-state index is 13.1. The number of aromatic nitrogens is 2. The van der Waals surface area contributed by atoms with Crippen molar-refractivity contribution in [1.29, 1.82) is 0 Å². The predicted molar refractivity (Wildman–Crippen MR) is 121 cm³/mol. The van der Waals surface area contributed by atoms with Gasteiger partial charge in [-0.25, -0.2) is 19.3 Å². The molecule has 0 bridgehead atoms. The molecule has 2 heterocycles. The van der Waals surface area contributed by atoms with Crippen LogP contribution in [0.2, 0.25) is 0 Å². The molecule has 1 atom stereocenters. The van der Waals surface area contributed by atoms with Gasteiger partial charge in [-0.05, 0) is 56.3 Å². The van der Waals surface area contributed by atoms with Gasteiger partial charge < -0.3 is 15.3 Å². The Kier molecular flexibility index (Phi) is 5.44. The first-order chi connectivity index (χ1) is 15.7. The van der Waals surface area contributed by atoms with E-state index in [0.29, 0.717) is 28.4 Å². The van der Waals surface area contributed by atoms with E-state index in [9.17, 15) is 29.7 Å². The van der Waals surface area contributed by atoms with Crippen LogP contribution in [0.3, 0.4) is 0 Å². The van der Waals surface area contributed by atoms with Crippen molar-refractivity contribution in [3.8, 4) is 5.69 Å². The Balaban J connectivity index is 1.72. The quantitative estimate of drug-likeness (QED) is 0.468. The zero-order valence-corrected chi connectivity index (χ0v) is 17.7. The number of H-pyrrole nitrogens is 1. The first-order valence-electron chi connectivity index (χ1n) is 9.90. The van der Waals surface area contributed by atoms with E-state index in [4.69, 9.17) is 0 Å². The summed E-state index contributed by atoms with van der Waals surface area (Å²) in [6, 6.07) is 12.0. The molecule has 0 amide bonds. The molecule has 168 valence electrons. The molecule has 0 aliphatic carbocycles. The molecule has 0 unspecified atom stereocenters. The number of aliphatic hydroxyl groups excluding tert-OH is 1. The number of aryl methyl sites for hydroxylation is 1. The highest BCUT2D eigenvalue weighted by atomic mass is 16.4. The maximum Gasteiger partial charge on any atom is 0.335 e. The molecular weight excluding hydrogens is 428 g/mol. The second kappa shape index (κ2) is 8.24. The van der Waals surface area contributed by atoms with E-state index in [2.05, 4.69) is 10.2 Å². The van der Waals surface area contributed by atoms with Crippen LogP contribution in [-0.2, 0) is 0 Å². The lowest BCUT2D eigenvalue weighted by Crippen LogP contribution is -2.27. The minimum absolute atomic E-state index is 0.0417. The molecule has 1 aromatic heterocycles. The van der Waals surface area contributed by atoms with Crippen molar-refractivity contribution in [1.82, 2.24) is 9.78 Å². The number of aromatic amines is 1. The van der Waals surface area contributed by atoms with Crippen molar-refractivity contribution < 1.29 is 24.9 Å². The zero-order valence-electron chi connectivity index (χ0n) is 17.7. The summed E-state index contributed by atoms with van der Waals surface area (Å²) < 4.78 is 1.23. The van der Waals surface area contributed by atoms with Crippen LogP contribution in [0.4, 0.5) is 5.69 Å². The Morgan fingerprint density at radius 3 is 2.18 bits per heavy atom. The number of anilines is 1. The number of hydrogen-bond acceptors (Lipinski definition) is 6. The first kappa shape index (κ1) is 21.8. The van der Waals surface area contributed by atoms with Crippen LogP contribution in [0.1, 0.15) is 38.9 Å². The molecule has 2 aromatic carbocycles. The Morgan fingerprint density at radius 1 is 1.00 bits per heavy atom. The molecule has 4 N–H and O–H groups in total. The molecule has 0 spiro atoms. The van der Waals surface area contributed by atoms with Crippen LogP contribution >= 0.6 is 0 Å². The van der Waals surface area contributed by atoms with Gasteiger partial charge in [0.1, 0.15) is 0 Å². The van der Waals surface area contributed by atoms with Crippen LogP contribution < -0.4 is 10.6 Å². The lowest BCUT2D eigenvalue weighted by Gasteiger charge is -2.20. The number of nitrogens with zero attached hydrogens (tertiary/aromatic N) is 3. The Bertz CT molecular complexity index is 1400. The predicted octanol–water partition coefficient (Wildman–Crippen LogP) is 2.47. The summed E-state index contributed by atoms with van der Waals surface area (Å²) in [5, 5.41) is 37.9. The Morgan fingerprint density at radius 2 is 1.58 bits per heavy atom. The maximum absolute atomic E-state index is 13.1. The molecule has 4 rings (SSSR count). The summed E-state index contributed by atoms with van der Waals surface area (Å²) in [4.78, 5) is 35.6. The van der Waals surface area contributed by atoms with Gasteiger partial charge in [0.15, 0.2) is 6.23 Å². The highest BCUT2D eigenvalue weighted by Crippen LogP contribution is 2.28. The lowest BCUT2D eigenvalue weighted by molar-refractivity contribution is 0.0686. The number of benzene rings is 2. The Hall–Kier alpha value is -4.44. The Labute approximate surface area is 187 Å². The van der Waals surface area contributed by atoms with Crippen molar-refractivity contribution in [3.63, 3.8) is 0 Å². The van der Waals surface area contributed by atoms with E-state index in [0.717, 1.165) is 0 Å². The fourth-order valence-electron chi connectivity index (χ4n) is 3.60. The third-order valence-electron chi connectivity index (χ3n) is 5.31. The van der Waals surface area contributed by atoms with E-state index >= 15 is 0 Å². The van der Waals surface area contributed by atoms with Crippen LogP contribution in [-0.4, -0.2) is 49.0 Å². The molecular formula is C23H20N4O6. The summed E-state index contributed by atoms with van der Waals surface area (Å²) >= 11 is 0. The molecule has 0 radical (unpaired) electrons. The fourth-order valence-corrected chi connectivity index (χ4v) is 3.60. The van der Waals surface area contributed by atoms with Gasteiger partial charge in [0.25, 0.3) is 5.56 Å². The molecule has 0 fully saturated rings. The number of nitrogens with one attached hydrogen (secondary N) is 1.